The van der Waals surface area contributed by atoms with Crippen LogP contribution in [0.4, 0.5) is 10.5 Å². The van der Waals surface area contributed by atoms with Crippen LogP contribution in [0.5, 0.6) is 0 Å². The molecule has 2 aromatic rings. The Balaban J connectivity index is 0.00000341. The summed E-state index contributed by atoms with van der Waals surface area (Å²) in [6, 6.07) is 12.6. The number of anilines is 1. The molecule has 1 atom stereocenters. The van der Waals surface area contributed by atoms with E-state index in [1.807, 2.05) is 40.5 Å². The van der Waals surface area contributed by atoms with E-state index in [1.54, 1.807) is 0 Å². The third-order valence-electron chi connectivity index (χ3n) is 5.02. The van der Waals surface area contributed by atoms with E-state index in [1.165, 1.54) is 9.75 Å². The van der Waals surface area contributed by atoms with E-state index in [9.17, 15) is 4.79 Å². The molecule has 2 heterocycles. The zero-order valence-corrected chi connectivity index (χ0v) is 21.8. The third kappa shape index (κ3) is 8.33. The van der Waals surface area contributed by atoms with Crippen LogP contribution in [0.15, 0.2) is 41.4 Å². The average molecular weight is 556 g/mol. The number of halogens is 1. The molecule has 1 unspecified atom stereocenters. The summed E-state index contributed by atoms with van der Waals surface area (Å²) in [4.78, 5) is 21.7. The Bertz CT molecular complexity index is 863. The second-order valence-corrected chi connectivity index (χ2v) is 9.15. The van der Waals surface area contributed by atoms with Crippen molar-refractivity contribution >= 4 is 53.0 Å². The molecule has 0 saturated carbocycles. The van der Waals surface area contributed by atoms with Gasteiger partial charge in [0.05, 0.1) is 6.54 Å². The van der Waals surface area contributed by atoms with Gasteiger partial charge in [-0.15, -0.1) is 35.3 Å². The van der Waals surface area contributed by atoms with Crippen LogP contribution in [-0.4, -0.2) is 42.6 Å². The summed E-state index contributed by atoms with van der Waals surface area (Å²) in [5.74, 6) is 0.810. The summed E-state index contributed by atoms with van der Waals surface area (Å²) in [6.07, 6.45) is 3.15. The molecule has 1 aliphatic heterocycles. The number of aliphatic imine (C=N–C) groups is 1. The Morgan fingerprint density at radius 1 is 1.23 bits per heavy atom. The summed E-state index contributed by atoms with van der Waals surface area (Å²) in [5.41, 5.74) is 1.88. The van der Waals surface area contributed by atoms with Gasteiger partial charge in [-0.05, 0) is 63.4 Å². The molecule has 31 heavy (non-hydrogen) atoms. The molecule has 8 heteroatoms. The van der Waals surface area contributed by atoms with Gasteiger partial charge < -0.3 is 20.9 Å². The second kappa shape index (κ2) is 12.9. The molecule has 3 rings (SSSR count). The van der Waals surface area contributed by atoms with Gasteiger partial charge in [0.25, 0.3) is 0 Å². The molecule has 2 amide bonds. The molecule has 1 aromatic carbocycles. The van der Waals surface area contributed by atoms with E-state index in [-0.39, 0.29) is 36.0 Å². The van der Waals surface area contributed by atoms with Crippen LogP contribution in [0.3, 0.4) is 0 Å². The van der Waals surface area contributed by atoms with E-state index in [0.29, 0.717) is 6.54 Å². The van der Waals surface area contributed by atoms with Gasteiger partial charge in [-0.3, -0.25) is 0 Å². The van der Waals surface area contributed by atoms with Crippen molar-refractivity contribution in [2.75, 3.05) is 25.0 Å². The lowest BCUT2D eigenvalue weighted by Crippen LogP contribution is -2.43. The van der Waals surface area contributed by atoms with Crippen LogP contribution in [-0.2, 0) is 13.0 Å². The van der Waals surface area contributed by atoms with Gasteiger partial charge in [0, 0.05) is 47.5 Å². The topological polar surface area (TPSA) is 68.8 Å². The average Bonchev–Trinajstić information content (AvgIpc) is 3.39. The predicted molar refractivity (Wildman–Crippen MR) is 142 cm³/mol. The van der Waals surface area contributed by atoms with Crippen molar-refractivity contribution in [3.8, 4) is 0 Å². The molecule has 0 bridgehead atoms. The minimum Gasteiger partial charge on any atom is -0.357 e. The molecule has 0 aliphatic carbocycles. The maximum Gasteiger partial charge on any atom is 0.321 e. The van der Waals surface area contributed by atoms with E-state index in [4.69, 9.17) is 4.99 Å². The van der Waals surface area contributed by atoms with Crippen molar-refractivity contribution in [1.29, 1.82) is 0 Å². The van der Waals surface area contributed by atoms with Gasteiger partial charge >= 0.3 is 6.03 Å². The summed E-state index contributed by atoms with van der Waals surface area (Å²) in [7, 11) is 0. The number of carbonyl (C=O) groups is 1. The molecule has 1 fully saturated rings. The molecular weight excluding hydrogens is 521 g/mol. The van der Waals surface area contributed by atoms with Gasteiger partial charge in [0.1, 0.15) is 0 Å². The molecule has 170 valence electrons. The molecular formula is C23H34IN5OS. The number of urea groups is 1. The highest BCUT2D eigenvalue weighted by molar-refractivity contribution is 14.0. The smallest absolute Gasteiger partial charge is 0.321 e. The molecule has 1 aliphatic rings. The number of nitrogens with zero attached hydrogens (tertiary/aromatic N) is 2. The van der Waals surface area contributed by atoms with Gasteiger partial charge in [0.15, 0.2) is 5.96 Å². The Kier molecular flexibility index (Phi) is 10.6. The van der Waals surface area contributed by atoms with Crippen LogP contribution < -0.4 is 16.0 Å². The lowest BCUT2D eigenvalue weighted by molar-refractivity contribution is 0.222. The Morgan fingerprint density at radius 3 is 2.68 bits per heavy atom. The number of likely N-dealkylation sites (tertiary alicyclic amines) is 1. The zero-order chi connectivity index (χ0) is 21.3. The van der Waals surface area contributed by atoms with E-state index >= 15 is 0 Å². The highest BCUT2D eigenvalue weighted by Crippen LogP contribution is 2.17. The van der Waals surface area contributed by atoms with Gasteiger partial charge in [-0.2, -0.15) is 0 Å². The lowest BCUT2D eigenvalue weighted by atomic mass is 10.2. The Morgan fingerprint density at radius 2 is 2.00 bits per heavy atom. The van der Waals surface area contributed by atoms with Gasteiger partial charge in [-0.25, -0.2) is 9.79 Å². The fourth-order valence-electron chi connectivity index (χ4n) is 3.54. The summed E-state index contributed by atoms with van der Waals surface area (Å²) >= 11 is 1.84. The zero-order valence-electron chi connectivity index (χ0n) is 18.6. The first-order valence-corrected chi connectivity index (χ1v) is 11.6. The Hall–Kier alpha value is -1.81. The van der Waals surface area contributed by atoms with Crippen LogP contribution in [0, 0.1) is 6.92 Å². The summed E-state index contributed by atoms with van der Waals surface area (Å²) < 4.78 is 0. The highest BCUT2D eigenvalue weighted by atomic mass is 127. The molecule has 1 aromatic heterocycles. The summed E-state index contributed by atoms with van der Waals surface area (Å²) in [6.45, 7) is 9.43. The number of hydrogen-bond donors (Lipinski definition) is 3. The second-order valence-electron chi connectivity index (χ2n) is 7.78. The van der Waals surface area contributed by atoms with Crippen LogP contribution >= 0.6 is 35.3 Å². The number of aryl methyl sites for hydroxylation is 1. The van der Waals surface area contributed by atoms with Crippen LogP contribution in [0.1, 0.15) is 42.0 Å². The first kappa shape index (κ1) is 25.5. The van der Waals surface area contributed by atoms with Crippen molar-refractivity contribution in [2.24, 2.45) is 4.99 Å². The van der Waals surface area contributed by atoms with E-state index < -0.39 is 0 Å². The van der Waals surface area contributed by atoms with E-state index in [2.05, 4.69) is 48.9 Å². The maximum absolute atomic E-state index is 12.3. The summed E-state index contributed by atoms with van der Waals surface area (Å²) in [5, 5.41) is 9.83. The maximum atomic E-state index is 12.3. The van der Waals surface area contributed by atoms with Gasteiger partial charge in [-0.1, -0.05) is 12.1 Å². The number of hydrogen-bond acceptors (Lipinski definition) is 3. The van der Waals surface area contributed by atoms with E-state index in [0.717, 1.165) is 56.1 Å². The first-order chi connectivity index (χ1) is 14.5. The number of carbonyl (C=O) groups excluding carboxylic acids is 1. The van der Waals surface area contributed by atoms with Crippen molar-refractivity contribution < 1.29 is 4.79 Å². The van der Waals surface area contributed by atoms with Crippen molar-refractivity contribution in [1.82, 2.24) is 15.5 Å². The Labute approximate surface area is 206 Å². The predicted octanol–water partition coefficient (Wildman–Crippen LogP) is 4.99. The molecule has 1 saturated heterocycles. The van der Waals surface area contributed by atoms with Crippen LogP contribution in [0.2, 0.25) is 0 Å². The fraction of sp³-hybridized carbons (Fsp3) is 0.478. The van der Waals surface area contributed by atoms with Gasteiger partial charge in [0.2, 0.25) is 0 Å². The molecule has 0 spiro atoms. The molecule has 0 radical (unpaired) electrons. The molecule has 3 N–H and O–H groups in total. The number of amides is 2. The highest BCUT2D eigenvalue weighted by Gasteiger charge is 2.17. The SMILES string of the molecule is CCNC(=NCc1cccc(NC(=O)N2CCCC2)c1)NC(C)Cc1ccc(C)s1.I. The number of thiophene rings is 1. The third-order valence-corrected chi connectivity index (χ3v) is 6.04. The standard InChI is InChI=1S/C23H33N5OS.HI/c1-4-24-22(26-17(2)14-21-11-10-18(3)30-21)25-16-19-8-7-9-20(15-19)27-23(29)28-12-5-6-13-28;/h7-11,15,17H,4-6,12-14,16H2,1-3H3,(H,27,29)(H2,24,25,26);1H. The number of rotatable bonds is 7. The number of nitrogens with one attached hydrogen (secondary N) is 3. The largest absolute Gasteiger partial charge is 0.357 e. The van der Waals surface area contributed by atoms with Crippen molar-refractivity contribution in [2.45, 2.75) is 52.6 Å². The first-order valence-electron chi connectivity index (χ1n) is 10.8. The lowest BCUT2D eigenvalue weighted by Gasteiger charge is -2.18. The monoisotopic (exact) mass is 555 g/mol. The minimum atomic E-state index is -0.0132. The number of benzene rings is 1. The van der Waals surface area contributed by atoms with Crippen molar-refractivity contribution in [3.63, 3.8) is 0 Å². The number of guanidine groups is 1. The van der Waals surface area contributed by atoms with Crippen LogP contribution in [0.25, 0.3) is 0 Å². The normalized spacial score (nSPS) is 14.7. The quantitative estimate of drug-likeness (QED) is 0.256. The molecule has 6 nitrogen and oxygen atoms in total. The fourth-order valence-corrected chi connectivity index (χ4v) is 4.56. The van der Waals surface area contributed by atoms with Crippen molar-refractivity contribution in [3.05, 3.63) is 51.7 Å². The minimum absolute atomic E-state index is 0.